The fourth-order valence-electron chi connectivity index (χ4n) is 2.64. The molecule has 0 fully saturated rings. The Hall–Kier alpha value is -1.59. The molecule has 3 rings (SSSR count). The van der Waals surface area contributed by atoms with E-state index in [1.54, 1.807) is 23.1 Å². The van der Waals surface area contributed by atoms with E-state index in [-0.39, 0.29) is 0 Å². The number of nitrogens with zero attached hydrogens (tertiary/aromatic N) is 3. The van der Waals surface area contributed by atoms with Crippen molar-refractivity contribution in [3.8, 4) is 11.4 Å². The zero-order valence-corrected chi connectivity index (χ0v) is 17.1. The summed E-state index contributed by atoms with van der Waals surface area (Å²) in [4.78, 5) is 1.39. The first-order valence-corrected chi connectivity index (χ1v) is 10.5. The summed E-state index contributed by atoms with van der Waals surface area (Å²) < 4.78 is 2.25. The molecule has 0 atom stereocenters. The lowest BCUT2D eigenvalue weighted by Crippen LogP contribution is -2.04. The van der Waals surface area contributed by atoms with Crippen LogP contribution in [0.3, 0.4) is 0 Å². The zero-order chi connectivity index (χ0) is 18.0. The highest BCUT2D eigenvalue weighted by Gasteiger charge is 2.18. The summed E-state index contributed by atoms with van der Waals surface area (Å²) in [7, 11) is 0. The second kappa shape index (κ2) is 7.75. The molecule has 0 N–H and O–H groups in total. The van der Waals surface area contributed by atoms with E-state index < -0.39 is 0 Å². The molecular formula is C20H25N3S2. The number of hydrogen-bond acceptors (Lipinski definition) is 4. The third kappa shape index (κ3) is 4.15. The Labute approximate surface area is 158 Å². The summed E-state index contributed by atoms with van der Waals surface area (Å²) in [6.07, 6.45) is 0. The lowest BCUT2D eigenvalue weighted by molar-refractivity contribution is 0.555. The highest BCUT2D eigenvalue weighted by Crippen LogP contribution is 2.33. The number of rotatable bonds is 6. The summed E-state index contributed by atoms with van der Waals surface area (Å²) in [6.45, 7) is 11.0. The van der Waals surface area contributed by atoms with Crippen molar-refractivity contribution in [2.45, 2.75) is 57.5 Å². The Morgan fingerprint density at radius 1 is 1.08 bits per heavy atom. The van der Waals surface area contributed by atoms with Crippen LogP contribution in [0.4, 0.5) is 0 Å². The van der Waals surface area contributed by atoms with Gasteiger partial charge in [0.1, 0.15) is 0 Å². The van der Waals surface area contributed by atoms with E-state index in [4.69, 9.17) is 0 Å². The molecule has 0 spiro atoms. The van der Waals surface area contributed by atoms with Gasteiger partial charge in [-0.15, -0.1) is 21.5 Å². The lowest BCUT2D eigenvalue weighted by atomic mass is 10.1. The van der Waals surface area contributed by atoms with Crippen LogP contribution >= 0.6 is 23.1 Å². The largest absolute Gasteiger partial charge is 0.299 e. The van der Waals surface area contributed by atoms with Crippen LogP contribution in [0.5, 0.6) is 0 Å². The summed E-state index contributed by atoms with van der Waals surface area (Å²) >= 11 is 3.56. The van der Waals surface area contributed by atoms with Crippen LogP contribution < -0.4 is 0 Å². The van der Waals surface area contributed by atoms with Gasteiger partial charge >= 0.3 is 0 Å². The maximum absolute atomic E-state index is 4.51. The van der Waals surface area contributed by atoms with Crippen LogP contribution in [0.25, 0.3) is 11.4 Å². The van der Waals surface area contributed by atoms with Crippen LogP contribution in [0.2, 0.25) is 0 Å². The average Bonchev–Trinajstić information content (AvgIpc) is 3.21. The lowest BCUT2D eigenvalue weighted by Gasteiger charge is -2.13. The molecule has 5 heteroatoms. The van der Waals surface area contributed by atoms with E-state index in [1.807, 2.05) is 0 Å². The van der Waals surface area contributed by atoms with E-state index >= 15 is 0 Å². The van der Waals surface area contributed by atoms with Crippen molar-refractivity contribution in [2.24, 2.45) is 0 Å². The number of aromatic nitrogens is 3. The van der Waals surface area contributed by atoms with Gasteiger partial charge in [-0.3, -0.25) is 4.57 Å². The Kier molecular flexibility index (Phi) is 5.64. The molecule has 0 aliphatic carbocycles. The quantitative estimate of drug-likeness (QED) is 0.476. The third-order valence-corrected chi connectivity index (χ3v) is 6.36. The highest BCUT2D eigenvalue weighted by molar-refractivity contribution is 7.98. The molecule has 0 radical (unpaired) electrons. The standard InChI is InChI=1S/C20H25N3S2/c1-13(2)18-10-17(12-24-18)19-21-22-20(23(19)14(3)4)25-11-16-8-6-15(5)7-9-16/h6-10,12-14H,11H2,1-5H3. The van der Waals surface area contributed by atoms with Crippen molar-refractivity contribution in [1.82, 2.24) is 14.8 Å². The number of thioether (sulfide) groups is 1. The average molecular weight is 372 g/mol. The molecule has 2 aromatic heterocycles. The Morgan fingerprint density at radius 2 is 1.80 bits per heavy atom. The van der Waals surface area contributed by atoms with Gasteiger partial charge in [0.05, 0.1) is 0 Å². The van der Waals surface area contributed by atoms with Gasteiger partial charge in [-0.1, -0.05) is 55.4 Å². The molecule has 0 amide bonds. The molecule has 3 nitrogen and oxygen atoms in total. The van der Waals surface area contributed by atoms with E-state index in [1.165, 1.54) is 21.6 Å². The van der Waals surface area contributed by atoms with Gasteiger partial charge < -0.3 is 0 Å². The molecule has 0 saturated heterocycles. The van der Waals surface area contributed by atoms with Crippen molar-refractivity contribution in [1.29, 1.82) is 0 Å². The summed E-state index contributed by atoms with van der Waals surface area (Å²) in [5, 5.41) is 12.2. The third-order valence-electron chi connectivity index (χ3n) is 4.12. The molecule has 132 valence electrons. The first-order valence-electron chi connectivity index (χ1n) is 8.67. The SMILES string of the molecule is Cc1ccc(CSc2nnc(-c3csc(C(C)C)c3)n2C(C)C)cc1. The van der Waals surface area contributed by atoms with Gasteiger partial charge in [0, 0.05) is 27.6 Å². The topological polar surface area (TPSA) is 30.7 Å². The van der Waals surface area contributed by atoms with Crippen molar-refractivity contribution in [3.05, 3.63) is 51.7 Å². The Bertz CT molecular complexity index is 829. The molecule has 0 aliphatic heterocycles. The van der Waals surface area contributed by atoms with Crippen molar-refractivity contribution in [3.63, 3.8) is 0 Å². The molecule has 0 aliphatic rings. The van der Waals surface area contributed by atoms with Crippen LogP contribution in [-0.4, -0.2) is 14.8 Å². The van der Waals surface area contributed by atoms with Crippen molar-refractivity contribution < 1.29 is 0 Å². The predicted molar refractivity (Wildman–Crippen MR) is 109 cm³/mol. The smallest absolute Gasteiger partial charge is 0.192 e. The minimum absolute atomic E-state index is 0.327. The molecule has 1 aromatic carbocycles. The van der Waals surface area contributed by atoms with Crippen LogP contribution in [0, 0.1) is 6.92 Å². The Balaban J connectivity index is 1.85. The van der Waals surface area contributed by atoms with E-state index in [2.05, 4.69) is 85.1 Å². The highest BCUT2D eigenvalue weighted by atomic mass is 32.2. The first kappa shape index (κ1) is 18.2. The van der Waals surface area contributed by atoms with Gasteiger partial charge in [0.25, 0.3) is 0 Å². The summed E-state index contributed by atoms with van der Waals surface area (Å²) in [5.74, 6) is 2.43. The molecule has 2 heterocycles. The molecule has 3 aromatic rings. The van der Waals surface area contributed by atoms with Gasteiger partial charge in [-0.05, 0) is 38.3 Å². The predicted octanol–water partition coefficient (Wildman–Crippen LogP) is 6.31. The minimum Gasteiger partial charge on any atom is -0.299 e. The fraction of sp³-hybridized carbons (Fsp3) is 0.400. The van der Waals surface area contributed by atoms with Gasteiger partial charge in [-0.25, -0.2) is 0 Å². The van der Waals surface area contributed by atoms with Gasteiger partial charge in [-0.2, -0.15) is 0 Å². The van der Waals surface area contributed by atoms with Crippen molar-refractivity contribution in [2.75, 3.05) is 0 Å². The molecule has 0 unspecified atom stereocenters. The van der Waals surface area contributed by atoms with Crippen molar-refractivity contribution >= 4 is 23.1 Å². The summed E-state index contributed by atoms with van der Waals surface area (Å²) in [6, 6.07) is 11.3. The van der Waals surface area contributed by atoms with Gasteiger partial charge in [0.15, 0.2) is 11.0 Å². The second-order valence-corrected chi connectivity index (χ2v) is 8.82. The number of hydrogen-bond donors (Lipinski definition) is 0. The maximum atomic E-state index is 4.51. The van der Waals surface area contributed by atoms with Crippen LogP contribution in [0.15, 0.2) is 40.9 Å². The van der Waals surface area contributed by atoms with E-state index in [9.17, 15) is 0 Å². The molecule has 0 bridgehead atoms. The minimum atomic E-state index is 0.327. The first-order chi connectivity index (χ1) is 12.0. The van der Waals surface area contributed by atoms with Crippen LogP contribution in [0.1, 0.15) is 55.7 Å². The second-order valence-electron chi connectivity index (χ2n) is 6.94. The normalized spacial score (nSPS) is 11.6. The molecular weight excluding hydrogens is 346 g/mol. The van der Waals surface area contributed by atoms with Crippen LogP contribution in [-0.2, 0) is 5.75 Å². The molecule has 0 saturated carbocycles. The fourth-order valence-corrected chi connectivity index (χ4v) is 4.57. The maximum Gasteiger partial charge on any atom is 0.192 e. The van der Waals surface area contributed by atoms with E-state index in [0.29, 0.717) is 12.0 Å². The summed E-state index contributed by atoms with van der Waals surface area (Å²) in [5.41, 5.74) is 3.78. The number of benzene rings is 1. The molecule has 25 heavy (non-hydrogen) atoms. The number of thiophene rings is 1. The zero-order valence-electron chi connectivity index (χ0n) is 15.5. The number of aryl methyl sites for hydroxylation is 1. The monoisotopic (exact) mass is 371 g/mol. The Morgan fingerprint density at radius 3 is 2.40 bits per heavy atom. The van der Waals surface area contributed by atoms with E-state index in [0.717, 1.165) is 16.7 Å². The van der Waals surface area contributed by atoms with Gasteiger partial charge in [0.2, 0.25) is 0 Å².